The molecule has 0 atom stereocenters. The molecule has 5 nitrogen and oxygen atoms in total. The Morgan fingerprint density at radius 2 is 1.94 bits per heavy atom. The van der Waals surface area contributed by atoms with Crippen molar-refractivity contribution < 1.29 is 19.7 Å². The predicted molar refractivity (Wildman–Crippen MR) is 60.8 cm³/mol. The molecule has 0 heterocycles. The van der Waals surface area contributed by atoms with Gasteiger partial charge in [0, 0.05) is 11.8 Å². The Labute approximate surface area is 94.0 Å². The molecule has 0 aliphatic carbocycles. The molecule has 0 aliphatic heterocycles. The second-order valence-corrected chi connectivity index (χ2v) is 3.00. The first-order chi connectivity index (χ1) is 7.74. The van der Waals surface area contributed by atoms with Crippen LogP contribution in [0.25, 0.3) is 0 Å². The van der Waals surface area contributed by atoms with E-state index in [9.17, 15) is 5.11 Å². The van der Waals surface area contributed by atoms with Crippen molar-refractivity contribution in [1.82, 2.24) is 0 Å². The summed E-state index contributed by atoms with van der Waals surface area (Å²) in [7, 11) is 2.94. The highest BCUT2D eigenvalue weighted by Crippen LogP contribution is 2.38. The molecule has 0 spiro atoms. The van der Waals surface area contributed by atoms with E-state index in [1.807, 2.05) is 0 Å². The zero-order valence-corrected chi connectivity index (χ0v) is 9.30. The highest BCUT2D eigenvalue weighted by atomic mass is 16.5. The maximum Gasteiger partial charge on any atom is 0.203 e. The number of nitrogens with zero attached hydrogens (tertiary/aromatic N) is 1. The van der Waals surface area contributed by atoms with Crippen LogP contribution < -0.4 is 9.47 Å². The van der Waals surface area contributed by atoms with Crippen molar-refractivity contribution in [3.05, 3.63) is 17.7 Å². The van der Waals surface area contributed by atoms with Gasteiger partial charge in [-0.25, -0.2) is 0 Å². The normalized spacial score (nSPS) is 10.7. The van der Waals surface area contributed by atoms with E-state index in [0.29, 0.717) is 17.9 Å². The van der Waals surface area contributed by atoms with Crippen molar-refractivity contribution in [2.24, 2.45) is 4.99 Å². The summed E-state index contributed by atoms with van der Waals surface area (Å²) < 4.78 is 10.2. The molecule has 0 saturated heterocycles. The lowest BCUT2D eigenvalue weighted by Gasteiger charge is -2.11. The standard InChI is InChI=1S/C11H15NO4/c1-15-10-8(7-12-5-6-13)3-4-9(14)11(10)16-2/h3-4,7,13-14H,5-6H2,1-2H3. The molecule has 0 bridgehead atoms. The fourth-order valence-electron chi connectivity index (χ4n) is 1.30. The Balaban J connectivity index is 3.09. The van der Waals surface area contributed by atoms with Crippen LogP contribution in [0.5, 0.6) is 17.2 Å². The number of benzene rings is 1. The van der Waals surface area contributed by atoms with Gasteiger partial charge in [-0.15, -0.1) is 0 Å². The van der Waals surface area contributed by atoms with Crippen molar-refractivity contribution in [3.8, 4) is 17.2 Å². The molecule has 0 fully saturated rings. The third-order valence-corrected chi connectivity index (χ3v) is 1.99. The van der Waals surface area contributed by atoms with Crippen LogP contribution in [0.2, 0.25) is 0 Å². The first-order valence-corrected chi connectivity index (χ1v) is 4.79. The molecule has 0 radical (unpaired) electrons. The first-order valence-electron chi connectivity index (χ1n) is 4.79. The Bertz CT molecular complexity index is 376. The number of aromatic hydroxyl groups is 1. The van der Waals surface area contributed by atoms with Gasteiger partial charge in [-0.1, -0.05) is 0 Å². The number of phenols is 1. The van der Waals surface area contributed by atoms with Crippen LogP contribution in [0.1, 0.15) is 5.56 Å². The van der Waals surface area contributed by atoms with E-state index >= 15 is 0 Å². The third kappa shape index (κ3) is 2.64. The van der Waals surface area contributed by atoms with E-state index in [1.54, 1.807) is 12.3 Å². The summed E-state index contributed by atoms with van der Waals surface area (Å²) in [6.45, 7) is 0.320. The smallest absolute Gasteiger partial charge is 0.203 e. The SMILES string of the molecule is COc1c(O)ccc(C=NCCO)c1OC. The zero-order valence-electron chi connectivity index (χ0n) is 9.30. The summed E-state index contributed by atoms with van der Waals surface area (Å²) in [4.78, 5) is 3.98. The van der Waals surface area contributed by atoms with Gasteiger partial charge in [0.2, 0.25) is 5.75 Å². The molecular weight excluding hydrogens is 210 g/mol. The molecule has 0 aromatic heterocycles. The van der Waals surface area contributed by atoms with Crippen LogP contribution >= 0.6 is 0 Å². The number of aliphatic hydroxyl groups excluding tert-OH is 1. The number of aliphatic hydroxyl groups is 1. The molecule has 5 heteroatoms. The Morgan fingerprint density at radius 1 is 1.25 bits per heavy atom. The lowest BCUT2D eigenvalue weighted by atomic mass is 10.2. The molecule has 0 unspecified atom stereocenters. The van der Waals surface area contributed by atoms with E-state index in [1.165, 1.54) is 20.3 Å². The first kappa shape index (κ1) is 12.3. The third-order valence-electron chi connectivity index (χ3n) is 1.99. The number of ether oxygens (including phenoxy) is 2. The van der Waals surface area contributed by atoms with E-state index in [0.717, 1.165) is 0 Å². The quantitative estimate of drug-likeness (QED) is 0.728. The number of hydrogen-bond donors (Lipinski definition) is 2. The van der Waals surface area contributed by atoms with Crippen LogP contribution in [-0.4, -0.2) is 43.8 Å². The average molecular weight is 225 g/mol. The van der Waals surface area contributed by atoms with Crippen molar-refractivity contribution in [2.75, 3.05) is 27.4 Å². The minimum Gasteiger partial charge on any atom is -0.504 e. The second-order valence-electron chi connectivity index (χ2n) is 3.00. The summed E-state index contributed by atoms with van der Waals surface area (Å²) in [5.41, 5.74) is 0.686. The van der Waals surface area contributed by atoms with Gasteiger partial charge in [-0.3, -0.25) is 4.99 Å². The fraction of sp³-hybridized carbons (Fsp3) is 0.364. The highest BCUT2D eigenvalue weighted by Gasteiger charge is 2.12. The van der Waals surface area contributed by atoms with Crippen LogP contribution in [0.3, 0.4) is 0 Å². The van der Waals surface area contributed by atoms with Gasteiger partial charge in [0.05, 0.1) is 27.4 Å². The molecule has 1 aromatic carbocycles. The van der Waals surface area contributed by atoms with Crippen molar-refractivity contribution in [2.45, 2.75) is 0 Å². The number of aliphatic imine (C=N–C) groups is 1. The molecule has 88 valence electrons. The molecule has 16 heavy (non-hydrogen) atoms. The van der Waals surface area contributed by atoms with E-state index < -0.39 is 0 Å². The minimum absolute atomic E-state index is 0.00592. The van der Waals surface area contributed by atoms with Gasteiger partial charge in [0.25, 0.3) is 0 Å². The van der Waals surface area contributed by atoms with Crippen molar-refractivity contribution >= 4 is 6.21 Å². The number of methoxy groups -OCH3 is 2. The maximum atomic E-state index is 9.53. The van der Waals surface area contributed by atoms with Gasteiger partial charge >= 0.3 is 0 Å². The zero-order chi connectivity index (χ0) is 12.0. The van der Waals surface area contributed by atoms with E-state index in [2.05, 4.69) is 4.99 Å². The van der Waals surface area contributed by atoms with Crippen LogP contribution in [0, 0.1) is 0 Å². The Kier molecular flexibility index (Phi) is 4.60. The summed E-state index contributed by atoms with van der Waals surface area (Å²) in [5.74, 6) is 0.707. The second kappa shape index (κ2) is 5.97. The van der Waals surface area contributed by atoms with Crippen molar-refractivity contribution in [3.63, 3.8) is 0 Å². The van der Waals surface area contributed by atoms with Crippen LogP contribution in [-0.2, 0) is 0 Å². The minimum atomic E-state index is -0.00592. The summed E-state index contributed by atoms with van der Waals surface area (Å²) in [6.07, 6.45) is 1.57. The topological polar surface area (TPSA) is 71.3 Å². The van der Waals surface area contributed by atoms with E-state index in [-0.39, 0.29) is 18.1 Å². The molecule has 0 aliphatic rings. The fourth-order valence-corrected chi connectivity index (χ4v) is 1.30. The molecule has 1 rings (SSSR count). The highest BCUT2D eigenvalue weighted by molar-refractivity contribution is 5.86. The van der Waals surface area contributed by atoms with Gasteiger partial charge in [0.1, 0.15) is 0 Å². The van der Waals surface area contributed by atoms with Gasteiger partial charge in [-0.2, -0.15) is 0 Å². The predicted octanol–water partition coefficient (Wildman–Crippen LogP) is 0.821. The molecule has 2 N–H and O–H groups in total. The van der Waals surface area contributed by atoms with Crippen molar-refractivity contribution in [1.29, 1.82) is 0 Å². The summed E-state index contributed by atoms with van der Waals surface area (Å²) in [6, 6.07) is 3.17. The molecule has 0 amide bonds. The lowest BCUT2D eigenvalue weighted by Crippen LogP contribution is -1.97. The van der Waals surface area contributed by atoms with Crippen LogP contribution in [0.15, 0.2) is 17.1 Å². The number of rotatable bonds is 5. The lowest BCUT2D eigenvalue weighted by molar-refractivity contribution is 0.307. The van der Waals surface area contributed by atoms with Gasteiger partial charge in [-0.05, 0) is 12.1 Å². The summed E-state index contributed by atoms with van der Waals surface area (Å²) in [5, 5.41) is 18.1. The Morgan fingerprint density at radius 3 is 2.50 bits per heavy atom. The Hall–Kier alpha value is -1.75. The molecule has 1 aromatic rings. The molecule has 0 saturated carbocycles. The number of hydrogen-bond acceptors (Lipinski definition) is 5. The maximum absolute atomic E-state index is 9.53. The van der Waals surface area contributed by atoms with Gasteiger partial charge < -0.3 is 19.7 Å². The van der Waals surface area contributed by atoms with Crippen LogP contribution in [0.4, 0.5) is 0 Å². The molecular formula is C11H15NO4. The average Bonchev–Trinajstić information content (AvgIpc) is 2.30. The number of phenolic OH excluding ortho intramolecular Hbond substituents is 1. The summed E-state index contributed by atoms with van der Waals surface area (Å²) >= 11 is 0. The van der Waals surface area contributed by atoms with Gasteiger partial charge in [0.15, 0.2) is 11.5 Å². The van der Waals surface area contributed by atoms with E-state index in [4.69, 9.17) is 14.6 Å². The monoisotopic (exact) mass is 225 g/mol. The largest absolute Gasteiger partial charge is 0.504 e.